The summed E-state index contributed by atoms with van der Waals surface area (Å²) in [5.41, 5.74) is 0. The van der Waals surface area contributed by atoms with Crippen molar-refractivity contribution < 1.29 is 22.3 Å². The van der Waals surface area contributed by atoms with E-state index in [2.05, 4.69) is 0 Å². The molecule has 0 aromatic heterocycles. The third kappa shape index (κ3) is 3.70. The highest BCUT2D eigenvalue weighted by Crippen LogP contribution is 2.22. The number of amides is 1. The number of halogens is 1. The Kier molecular flexibility index (Phi) is 4.48. The van der Waals surface area contributed by atoms with E-state index in [0.717, 1.165) is 31.0 Å². The van der Waals surface area contributed by atoms with Gasteiger partial charge in [0.2, 0.25) is 10.0 Å². The molecule has 21 heavy (non-hydrogen) atoms. The summed E-state index contributed by atoms with van der Waals surface area (Å²) in [6, 6.07) is 3.07. The summed E-state index contributed by atoms with van der Waals surface area (Å²) in [5, 5.41) is 4.91. The highest BCUT2D eigenvalue weighted by atomic mass is 32.2. The number of benzene rings is 1. The number of sulfonamides is 1. The van der Waals surface area contributed by atoms with Crippen molar-refractivity contribution in [3.05, 3.63) is 24.0 Å². The molecule has 2 rings (SSSR count). The number of hydrogen-bond acceptors (Lipinski definition) is 4. The van der Waals surface area contributed by atoms with Crippen LogP contribution in [-0.2, 0) is 14.8 Å². The summed E-state index contributed by atoms with van der Waals surface area (Å²) in [6.45, 7) is 2.90. The maximum absolute atomic E-state index is 13.8. The van der Waals surface area contributed by atoms with Crippen LogP contribution in [0.3, 0.4) is 0 Å². The van der Waals surface area contributed by atoms with E-state index in [4.69, 9.17) is 9.88 Å². The van der Waals surface area contributed by atoms with Crippen molar-refractivity contribution in [3.8, 4) is 5.75 Å². The molecule has 1 heterocycles. The fourth-order valence-corrected chi connectivity index (χ4v) is 2.72. The van der Waals surface area contributed by atoms with Gasteiger partial charge in [0.05, 0.1) is 4.90 Å². The highest BCUT2D eigenvalue weighted by molar-refractivity contribution is 7.89. The number of likely N-dealkylation sites (tertiary alicyclic amines) is 1. The van der Waals surface area contributed by atoms with E-state index in [0.29, 0.717) is 13.1 Å². The molecule has 2 N–H and O–H groups in total. The second-order valence-electron chi connectivity index (χ2n) is 4.93. The van der Waals surface area contributed by atoms with Gasteiger partial charge in [-0.25, -0.2) is 17.9 Å². The molecular formula is C13H17FN2O4S. The summed E-state index contributed by atoms with van der Waals surface area (Å²) >= 11 is 0. The van der Waals surface area contributed by atoms with E-state index >= 15 is 0 Å². The van der Waals surface area contributed by atoms with Crippen LogP contribution in [0.4, 0.5) is 4.39 Å². The molecule has 1 fully saturated rings. The van der Waals surface area contributed by atoms with Crippen LogP contribution < -0.4 is 9.88 Å². The molecule has 0 saturated carbocycles. The van der Waals surface area contributed by atoms with Crippen molar-refractivity contribution in [2.75, 3.05) is 13.1 Å². The van der Waals surface area contributed by atoms with Gasteiger partial charge in [0, 0.05) is 13.1 Å². The fraction of sp³-hybridized carbons (Fsp3) is 0.462. The maximum atomic E-state index is 13.8. The third-order valence-electron chi connectivity index (χ3n) is 3.30. The Morgan fingerprint density at radius 1 is 1.38 bits per heavy atom. The lowest BCUT2D eigenvalue weighted by Crippen LogP contribution is -2.38. The van der Waals surface area contributed by atoms with Crippen LogP contribution in [0.25, 0.3) is 0 Å². The second-order valence-corrected chi connectivity index (χ2v) is 6.49. The zero-order valence-electron chi connectivity index (χ0n) is 11.6. The molecule has 1 aliphatic heterocycles. The number of ether oxygens (including phenoxy) is 1. The molecule has 6 nitrogen and oxygen atoms in total. The SMILES string of the molecule is CC(Oc1ccc(S(N)(=O)=O)cc1F)C(=O)N1CCCC1. The monoisotopic (exact) mass is 316 g/mol. The van der Waals surface area contributed by atoms with Crippen molar-refractivity contribution in [1.29, 1.82) is 0 Å². The van der Waals surface area contributed by atoms with Crippen LogP contribution >= 0.6 is 0 Å². The minimum Gasteiger partial charge on any atom is -0.478 e. The smallest absolute Gasteiger partial charge is 0.263 e. The van der Waals surface area contributed by atoms with Gasteiger partial charge in [-0.1, -0.05) is 0 Å². The number of nitrogens with two attached hydrogens (primary N) is 1. The number of rotatable bonds is 4. The van der Waals surface area contributed by atoms with Crippen molar-refractivity contribution in [2.45, 2.75) is 30.8 Å². The second kappa shape index (κ2) is 5.98. The zero-order valence-corrected chi connectivity index (χ0v) is 12.4. The minimum absolute atomic E-state index is 0.178. The molecule has 8 heteroatoms. The Morgan fingerprint density at radius 2 is 2.00 bits per heavy atom. The van der Waals surface area contributed by atoms with Gasteiger partial charge in [0.1, 0.15) is 0 Å². The predicted molar refractivity (Wildman–Crippen MR) is 73.7 cm³/mol. The summed E-state index contributed by atoms with van der Waals surface area (Å²) in [7, 11) is -3.97. The van der Waals surface area contributed by atoms with Gasteiger partial charge in [-0.3, -0.25) is 4.79 Å². The molecule has 1 saturated heterocycles. The van der Waals surface area contributed by atoms with Crippen LogP contribution in [0.15, 0.2) is 23.1 Å². The predicted octanol–water partition coefficient (Wildman–Crippen LogP) is 0.863. The summed E-state index contributed by atoms with van der Waals surface area (Å²) < 4.78 is 41.3. The summed E-state index contributed by atoms with van der Waals surface area (Å²) in [5.74, 6) is -1.26. The lowest BCUT2D eigenvalue weighted by Gasteiger charge is -2.21. The van der Waals surface area contributed by atoms with Crippen molar-refractivity contribution in [1.82, 2.24) is 4.90 Å². The number of carbonyl (C=O) groups is 1. The van der Waals surface area contributed by atoms with E-state index in [9.17, 15) is 17.6 Å². The molecule has 1 unspecified atom stereocenters. The first kappa shape index (κ1) is 15.7. The fourth-order valence-electron chi connectivity index (χ4n) is 2.19. The first-order chi connectivity index (χ1) is 9.79. The standard InChI is InChI=1S/C13H17FN2O4S/c1-9(13(17)16-6-2-3-7-16)20-12-5-4-10(8-11(12)14)21(15,18)19/h4-5,8-9H,2-3,6-7H2,1H3,(H2,15,18,19). The van der Waals surface area contributed by atoms with E-state index < -0.39 is 21.9 Å². The molecule has 0 bridgehead atoms. The van der Waals surface area contributed by atoms with Crippen LogP contribution in [0.5, 0.6) is 5.75 Å². The Bertz CT molecular complexity index is 642. The average molecular weight is 316 g/mol. The van der Waals surface area contributed by atoms with E-state index in [1.54, 1.807) is 4.90 Å². The maximum Gasteiger partial charge on any atom is 0.263 e. The van der Waals surface area contributed by atoms with E-state index in [-0.39, 0.29) is 16.6 Å². The number of primary sulfonamides is 1. The third-order valence-corrected chi connectivity index (χ3v) is 4.21. The molecule has 1 amide bonds. The van der Waals surface area contributed by atoms with Crippen LogP contribution in [-0.4, -0.2) is 38.4 Å². The number of carbonyl (C=O) groups excluding carboxylic acids is 1. The van der Waals surface area contributed by atoms with Gasteiger partial charge in [-0.05, 0) is 38.0 Å². The zero-order chi connectivity index (χ0) is 15.6. The molecule has 0 radical (unpaired) electrons. The largest absolute Gasteiger partial charge is 0.478 e. The molecule has 1 aromatic carbocycles. The molecular weight excluding hydrogens is 299 g/mol. The lowest BCUT2D eigenvalue weighted by molar-refractivity contribution is -0.136. The van der Waals surface area contributed by atoms with Gasteiger partial charge in [-0.15, -0.1) is 0 Å². The summed E-state index contributed by atoms with van der Waals surface area (Å²) in [4.78, 5) is 13.4. The van der Waals surface area contributed by atoms with Crippen molar-refractivity contribution in [3.63, 3.8) is 0 Å². The van der Waals surface area contributed by atoms with Crippen molar-refractivity contribution in [2.24, 2.45) is 5.14 Å². The van der Waals surface area contributed by atoms with Crippen LogP contribution in [0, 0.1) is 5.82 Å². The summed E-state index contributed by atoms with van der Waals surface area (Å²) in [6.07, 6.45) is 1.07. The van der Waals surface area contributed by atoms with Crippen LogP contribution in [0.1, 0.15) is 19.8 Å². The van der Waals surface area contributed by atoms with Gasteiger partial charge in [0.25, 0.3) is 5.91 Å². The number of nitrogens with zero attached hydrogens (tertiary/aromatic N) is 1. The topological polar surface area (TPSA) is 89.7 Å². The molecule has 1 atom stereocenters. The average Bonchev–Trinajstić information content (AvgIpc) is 2.92. The number of hydrogen-bond donors (Lipinski definition) is 1. The van der Waals surface area contributed by atoms with Gasteiger partial charge < -0.3 is 9.64 Å². The molecule has 116 valence electrons. The van der Waals surface area contributed by atoms with E-state index in [1.807, 2.05) is 0 Å². The lowest BCUT2D eigenvalue weighted by atomic mass is 10.3. The van der Waals surface area contributed by atoms with Crippen molar-refractivity contribution >= 4 is 15.9 Å². The highest BCUT2D eigenvalue weighted by Gasteiger charge is 2.25. The van der Waals surface area contributed by atoms with Crippen LogP contribution in [0.2, 0.25) is 0 Å². The molecule has 1 aromatic rings. The van der Waals surface area contributed by atoms with Gasteiger partial charge >= 0.3 is 0 Å². The molecule has 0 aliphatic carbocycles. The quantitative estimate of drug-likeness (QED) is 0.892. The first-order valence-electron chi connectivity index (χ1n) is 6.57. The first-order valence-corrected chi connectivity index (χ1v) is 8.11. The Morgan fingerprint density at radius 3 is 2.52 bits per heavy atom. The minimum atomic E-state index is -3.97. The Labute approximate surface area is 122 Å². The Balaban J connectivity index is 2.10. The van der Waals surface area contributed by atoms with E-state index in [1.165, 1.54) is 6.92 Å². The normalized spacial score (nSPS) is 16.8. The van der Waals surface area contributed by atoms with Gasteiger partial charge in [0.15, 0.2) is 17.7 Å². The molecule has 0 spiro atoms. The van der Waals surface area contributed by atoms with Gasteiger partial charge in [-0.2, -0.15) is 0 Å². The molecule has 1 aliphatic rings. The Hall–Kier alpha value is -1.67.